The predicted octanol–water partition coefficient (Wildman–Crippen LogP) is 2.24. The molecule has 0 aliphatic carbocycles. The van der Waals surface area contributed by atoms with Gasteiger partial charge in [-0.3, -0.25) is 4.99 Å². The lowest BCUT2D eigenvalue weighted by Crippen LogP contribution is -2.37. The van der Waals surface area contributed by atoms with Crippen LogP contribution in [-0.2, 0) is 16.0 Å². The largest absolute Gasteiger partial charge is 0.464 e. The molecule has 1 aromatic rings. The molecule has 0 fully saturated rings. The van der Waals surface area contributed by atoms with Crippen molar-refractivity contribution < 1.29 is 9.53 Å². The molecule has 2 atom stereocenters. The number of rotatable bonds is 5. The highest BCUT2D eigenvalue weighted by Crippen LogP contribution is 2.20. The molecule has 108 valence electrons. The molecule has 1 aliphatic rings. The second-order valence-corrected chi connectivity index (χ2v) is 5.72. The van der Waals surface area contributed by atoms with Gasteiger partial charge in [0.2, 0.25) is 0 Å². The van der Waals surface area contributed by atoms with Crippen molar-refractivity contribution in [3.63, 3.8) is 0 Å². The number of esters is 1. The van der Waals surface area contributed by atoms with Crippen LogP contribution in [0.1, 0.15) is 19.4 Å². The van der Waals surface area contributed by atoms with Crippen LogP contribution in [0.3, 0.4) is 0 Å². The summed E-state index contributed by atoms with van der Waals surface area (Å²) in [6, 6.07) is 10.3. The Hall–Kier alpha value is -1.49. The summed E-state index contributed by atoms with van der Waals surface area (Å²) in [6.07, 6.45) is 0.937. The number of carbonyl (C=O) groups is 1. The van der Waals surface area contributed by atoms with Gasteiger partial charge >= 0.3 is 5.97 Å². The lowest BCUT2D eigenvalue weighted by Gasteiger charge is -2.12. The van der Waals surface area contributed by atoms with Crippen molar-refractivity contribution in [2.75, 3.05) is 12.4 Å². The first-order chi connectivity index (χ1) is 9.69. The monoisotopic (exact) mass is 292 g/mol. The first-order valence-corrected chi connectivity index (χ1v) is 7.85. The van der Waals surface area contributed by atoms with E-state index < -0.39 is 0 Å². The van der Waals surface area contributed by atoms with Crippen molar-refractivity contribution in [1.29, 1.82) is 0 Å². The van der Waals surface area contributed by atoms with Crippen molar-refractivity contribution in [3.05, 3.63) is 35.9 Å². The Balaban J connectivity index is 1.85. The highest BCUT2D eigenvalue weighted by Gasteiger charge is 2.22. The van der Waals surface area contributed by atoms with Crippen LogP contribution < -0.4 is 5.32 Å². The Morgan fingerprint density at radius 2 is 2.25 bits per heavy atom. The quantitative estimate of drug-likeness (QED) is 0.846. The number of amidine groups is 1. The summed E-state index contributed by atoms with van der Waals surface area (Å²) < 4.78 is 4.97. The topological polar surface area (TPSA) is 50.7 Å². The zero-order chi connectivity index (χ0) is 14.4. The molecule has 4 nitrogen and oxygen atoms in total. The summed E-state index contributed by atoms with van der Waals surface area (Å²) in [4.78, 5) is 16.2. The van der Waals surface area contributed by atoms with Crippen LogP contribution >= 0.6 is 11.8 Å². The van der Waals surface area contributed by atoms with Gasteiger partial charge in [-0.05, 0) is 25.8 Å². The van der Waals surface area contributed by atoms with E-state index in [-0.39, 0.29) is 18.1 Å². The molecule has 1 aromatic carbocycles. The lowest BCUT2D eigenvalue weighted by atomic mass is 10.1. The average molecular weight is 292 g/mol. The predicted molar refractivity (Wildman–Crippen MR) is 83.1 cm³/mol. The number of benzene rings is 1. The molecule has 0 bridgehead atoms. The van der Waals surface area contributed by atoms with Crippen molar-refractivity contribution >= 4 is 22.9 Å². The minimum Gasteiger partial charge on any atom is -0.464 e. The van der Waals surface area contributed by atoms with Crippen molar-refractivity contribution in [3.8, 4) is 0 Å². The lowest BCUT2D eigenvalue weighted by molar-refractivity contribution is -0.144. The smallest absolute Gasteiger partial charge is 0.328 e. The number of ether oxygens (including phenoxy) is 1. The normalized spacial score (nSPS) is 19.3. The number of thioether (sulfide) groups is 1. The highest BCUT2D eigenvalue weighted by molar-refractivity contribution is 8.14. The summed E-state index contributed by atoms with van der Waals surface area (Å²) in [5.74, 6) is 0.717. The van der Waals surface area contributed by atoms with Gasteiger partial charge in [0.25, 0.3) is 0 Å². The Morgan fingerprint density at radius 3 is 2.95 bits per heavy atom. The summed E-state index contributed by atoms with van der Waals surface area (Å²) in [5.41, 5.74) is 1.29. The molecule has 2 rings (SSSR count). The first kappa shape index (κ1) is 14.9. The zero-order valence-corrected chi connectivity index (χ0v) is 12.7. The summed E-state index contributed by atoms with van der Waals surface area (Å²) in [7, 11) is 0. The maximum Gasteiger partial charge on any atom is 0.328 e. The average Bonchev–Trinajstić information content (AvgIpc) is 2.87. The van der Waals surface area contributed by atoms with Gasteiger partial charge in [-0.1, -0.05) is 42.1 Å². The standard InChI is InChI=1S/C15H20N2O2S/c1-3-19-14(18)11(2)16-15-17-13(10-20-15)9-12-7-5-4-6-8-12/h4-8,11,13H,3,9-10H2,1-2H3,(H,16,17). The molecule has 0 amide bonds. The molecular formula is C15H20N2O2S. The number of carbonyl (C=O) groups excluding carboxylic acids is 1. The van der Waals surface area contributed by atoms with E-state index in [9.17, 15) is 4.79 Å². The van der Waals surface area contributed by atoms with E-state index >= 15 is 0 Å². The number of aliphatic imine (C=N–C) groups is 1. The van der Waals surface area contributed by atoms with Gasteiger partial charge in [-0.15, -0.1) is 0 Å². The third-order valence-electron chi connectivity index (χ3n) is 3.01. The number of nitrogens with zero attached hydrogens (tertiary/aromatic N) is 1. The molecule has 0 radical (unpaired) electrons. The van der Waals surface area contributed by atoms with Crippen LogP contribution in [0.4, 0.5) is 0 Å². The van der Waals surface area contributed by atoms with Gasteiger partial charge in [0, 0.05) is 5.75 Å². The fourth-order valence-corrected chi connectivity index (χ4v) is 3.02. The van der Waals surface area contributed by atoms with Gasteiger partial charge in [-0.25, -0.2) is 4.79 Å². The van der Waals surface area contributed by atoms with E-state index in [1.54, 1.807) is 18.7 Å². The van der Waals surface area contributed by atoms with Crippen LogP contribution in [0.5, 0.6) is 0 Å². The third-order valence-corrected chi connectivity index (χ3v) is 4.05. The number of hydrogen-bond acceptors (Lipinski definition) is 5. The first-order valence-electron chi connectivity index (χ1n) is 6.86. The van der Waals surface area contributed by atoms with Crippen LogP contribution in [0.2, 0.25) is 0 Å². The number of nitrogens with one attached hydrogen (secondary N) is 1. The van der Waals surface area contributed by atoms with Crippen molar-refractivity contribution in [1.82, 2.24) is 5.32 Å². The fourth-order valence-electron chi connectivity index (χ4n) is 2.00. The molecule has 1 N–H and O–H groups in total. The molecule has 0 spiro atoms. The third kappa shape index (κ3) is 4.27. The summed E-state index contributed by atoms with van der Waals surface area (Å²) in [6.45, 7) is 4.01. The Labute approximate surface area is 124 Å². The van der Waals surface area contributed by atoms with Crippen LogP contribution in [0, 0.1) is 0 Å². The van der Waals surface area contributed by atoms with E-state index in [0.29, 0.717) is 6.61 Å². The molecule has 0 saturated heterocycles. The van der Waals surface area contributed by atoms with Gasteiger partial charge in [0.05, 0.1) is 12.6 Å². The second kappa shape index (κ2) is 7.33. The van der Waals surface area contributed by atoms with Gasteiger partial charge < -0.3 is 10.1 Å². The molecule has 1 heterocycles. The fraction of sp³-hybridized carbons (Fsp3) is 0.467. The molecular weight excluding hydrogens is 272 g/mol. The van der Waals surface area contributed by atoms with Crippen LogP contribution in [0.25, 0.3) is 0 Å². The molecule has 20 heavy (non-hydrogen) atoms. The van der Waals surface area contributed by atoms with E-state index in [4.69, 9.17) is 4.74 Å². The summed E-state index contributed by atoms with van der Waals surface area (Å²) >= 11 is 1.66. The molecule has 2 unspecified atom stereocenters. The summed E-state index contributed by atoms with van der Waals surface area (Å²) in [5, 5.41) is 3.96. The van der Waals surface area contributed by atoms with E-state index in [2.05, 4.69) is 22.4 Å². The Kier molecular flexibility index (Phi) is 5.47. The van der Waals surface area contributed by atoms with E-state index in [0.717, 1.165) is 17.3 Å². The minimum atomic E-state index is -0.350. The van der Waals surface area contributed by atoms with E-state index in [1.165, 1.54) is 5.56 Å². The van der Waals surface area contributed by atoms with Gasteiger partial charge in [0.15, 0.2) is 5.17 Å². The van der Waals surface area contributed by atoms with Crippen molar-refractivity contribution in [2.24, 2.45) is 4.99 Å². The molecule has 0 aromatic heterocycles. The maximum absolute atomic E-state index is 11.6. The van der Waals surface area contributed by atoms with E-state index in [1.807, 2.05) is 25.1 Å². The minimum absolute atomic E-state index is 0.234. The second-order valence-electron chi connectivity index (χ2n) is 4.71. The van der Waals surface area contributed by atoms with Crippen LogP contribution in [-0.4, -0.2) is 35.6 Å². The molecule has 0 saturated carbocycles. The highest BCUT2D eigenvalue weighted by atomic mass is 32.2. The maximum atomic E-state index is 11.6. The zero-order valence-electron chi connectivity index (χ0n) is 11.8. The molecule has 1 aliphatic heterocycles. The number of hydrogen-bond donors (Lipinski definition) is 1. The van der Waals surface area contributed by atoms with Gasteiger partial charge in [0.1, 0.15) is 6.04 Å². The Bertz CT molecular complexity index is 476. The Morgan fingerprint density at radius 1 is 1.50 bits per heavy atom. The van der Waals surface area contributed by atoms with Crippen LogP contribution in [0.15, 0.2) is 35.3 Å². The van der Waals surface area contributed by atoms with Gasteiger partial charge in [-0.2, -0.15) is 0 Å². The van der Waals surface area contributed by atoms with Crippen molar-refractivity contribution in [2.45, 2.75) is 32.4 Å². The SMILES string of the molecule is CCOC(=O)C(C)NC1=NC(Cc2ccccc2)CS1. The molecule has 5 heteroatoms.